The maximum absolute atomic E-state index is 14.1. The molecule has 2 heterocycles. The van der Waals surface area contributed by atoms with Gasteiger partial charge in [0, 0.05) is 25.6 Å². The normalized spacial score (nSPS) is 21.7. The van der Waals surface area contributed by atoms with Gasteiger partial charge in [0.05, 0.1) is 12.1 Å². The molecule has 0 aromatic heterocycles. The van der Waals surface area contributed by atoms with E-state index < -0.39 is 18.1 Å². The fraction of sp³-hybridized carbons (Fsp3) is 0.500. The van der Waals surface area contributed by atoms with Gasteiger partial charge in [0.2, 0.25) is 23.6 Å². The van der Waals surface area contributed by atoms with Crippen molar-refractivity contribution < 1.29 is 19.2 Å². The molecule has 0 aliphatic carbocycles. The lowest BCUT2D eigenvalue weighted by Gasteiger charge is -2.39. The number of hydrogen-bond donors (Lipinski definition) is 3. The largest absolute Gasteiger partial charge is 0.343 e. The number of carbonyl (C=O) groups excluding carboxylic acids is 4. The number of hydrogen-bond acceptors (Lipinski definition) is 5. The van der Waals surface area contributed by atoms with Gasteiger partial charge in [-0.3, -0.25) is 19.2 Å². The first-order valence-electron chi connectivity index (χ1n) is 14.7. The topological polar surface area (TPSA) is 111 Å². The molecule has 9 heteroatoms. The Morgan fingerprint density at radius 1 is 0.902 bits per heavy atom. The Kier molecular flexibility index (Phi) is 10.2. The van der Waals surface area contributed by atoms with E-state index in [1.165, 1.54) is 0 Å². The van der Waals surface area contributed by atoms with Crippen LogP contribution < -0.4 is 16.0 Å². The summed E-state index contributed by atoms with van der Waals surface area (Å²) in [6.45, 7) is 6.24. The third-order valence-electron chi connectivity index (χ3n) is 8.12. The van der Waals surface area contributed by atoms with E-state index in [2.05, 4.69) is 16.0 Å². The predicted octanol–water partition coefficient (Wildman–Crippen LogP) is 2.62. The SMILES string of the molecule is CN[C@@H](C)C(=O)N[C@H]1CN(C(=O)CC(C)C)CC[C@H]2CC[C@H](C(=O)NC(c3ccccc3)c3ccccc3)N2C1=O. The average molecular weight is 562 g/mol. The van der Waals surface area contributed by atoms with Crippen LogP contribution in [0.4, 0.5) is 0 Å². The van der Waals surface area contributed by atoms with Crippen molar-refractivity contribution in [2.75, 3.05) is 20.1 Å². The van der Waals surface area contributed by atoms with E-state index in [0.29, 0.717) is 32.2 Å². The second-order valence-electron chi connectivity index (χ2n) is 11.6. The van der Waals surface area contributed by atoms with Gasteiger partial charge in [-0.05, 0) is 50.3 Å². The van der Waals surface area contributed by atoms with Crippen molar-refractivity contribution in [2.45, 2.75) is 76.7 Å². The van der Waals surface area contributed by atoms with Crippen molar-refractivity contribution >= 4 is 23.6 Å². The minimum absolute atomic E-state index is 0.0250. The van der Waals surface area contributed by atoms with Crippen LogP contribution in [-0.2, 0) is 19.2 Å². The third-order valence-corrected chi connectivity index (χ3v) is 8.12. The molecular weight excluding hydrogens is 518 g/mol. The first-order chi connectivity index (χ1) is 19.7. The molecule has 0 unspecified atom stereocenters. The Labute approximate surface area is 243 Å². The number of rotatable bonds is 9. The van der Waals surface area contributed by atoms with Crippen molar-refractivity contribution in [1.29, 1.82) is 0 Å². The van der Waals surface area contributed by atoms with E-state index in [9.17, 15) is 19.2 Å². The van der Waals surface area contributed by atoms with Gasteiger partial charge in [0.1, 0.15) is 12.1 Å². The number of carbonyl (C=O) groups is 4. The van der Waals surface area contributed by atoms with E-state index in [4.69, 9.17) is 0 Å². The summed E-state index contributed by atoms with van der Waals surface area (Å²) in [5.74, 6) is -0.710. The van der Waals surface area contributed by atoms with Gasteiger partial charge in [-0.2, -0.15) is 0 Å². The second-order valence-corrected chi connectivity index (χ2v) is 11.6. The van der Waals surface area contributed by atoms with Gasteiger partial charge in [0.25, 0.3) is 0 Å². The highest BCUT2D eigenvalue weighted by atomic mass is 16.2. The number of amides is 4. The molecule has 2 saturated heterocycles. The van der Waals surface area contributed by atoms with E-state index in [0.717, 1.165) is 11.1 Å². The van der Waals surface area contributed by atoms with Gasteiger partial charge in [0.15, 0.2) is 0 Å². The Hall–Kier alpha value is -3.72. The van der Waals surface area contributed by atoms with Crippen LogP contribution in [0.1, 0.15) is 63.6 Å². The molecule has 0 spiro atoms. The quantitative estimate of drug-likeness (QED) is 0.436. The summed E-state index contributed by atoms with van der Waals surface area (Å²) < 4.78 is 0. The predicted molar refractivity (Wildman–Crippen MR) is 158 cm³/mol. The van der Waals surface area contributed by atoms with Crippen LogP contribution in [0.15, 0.2) is 60.7 Å². The Bertz CT molecular complexity index is 1170. The Balaban J connectivity index is 1.60. The van der Waals surface area contributed by atoms with Crippen LogP contribution in [0.5, 0.6) is 0 Å². The summed E-state index contributed by atoms with van der Waals surface area (Å²) >= 11 is 0. The molecule has 4 rings (SSSR count). The smallest absolute Gasteiger partial charge is 0.247 e. The van der Waals surface area contributed by atoms with Crippen molar-refractivity contribution in [1.82, 2.24) is 25.8 Å². The monoisotopic (exact) mass is 561 g/mol. The summed E-state index contributed by atoms with van der Waals surface area (Å²) in [5.41, 5.74) is 1.90. The molecule has 3 N–H and O–H groups in total. The zero-order chi connectivity index (χ0) is 29.5. The molecule has 2 fully saturated rings. The molecule has 2 aromatic rings. The molecule has 0 saturated carbocycles. The highest BCUT2D eigenvalue weighted by molar-refractivity contribution is 5.94. The van der Waals surface area contributed by atoms with Crippen molar-refractivity contribution in [2.24, 2.45) is 5.92 Å². The standard InChI is InChI=1S/C32H43N5O4/c1-21(2)19-28(38)36-18-17-25-15-16-27(37(25)32(41)26(20-36)34-30(39)22(3)33-4)31(40)35-29(23-11-7-5-8-12-23)24-13-9-6-10-14-24/h5-14,21-22,25-27,29,33H,15-20H2,1-4H3,(H,34,39)(H,35,40)/t22-,25+,26-,27+/m0/s1. The lowest BCUT2D eigenvalue weighted by molar-refractivity contribution is -0.147. The van der Waals surface area contributed by atoms with Crippen LogP contribution in [0, 0.1) is 5.92 Å². The van der Waals surface area contributed by atoms with Gasteiger partial charge >= 0.3 is 0 Å². The Morgan fingerprint density at radius 3 is 2.07 bits per heavy atom. The molecule has 9 nitrogen and oxygen atoms in total. The summed E-state index contributed by atoms with van der Waals surface area (Å²) in [4.78, 5) is 57.4. The van der Waals surface area contributed by atoms with Gasteiger partial charge < -0.3 is 25.8 Å². The lowest BCUT2D eigenvalue weighted by atomic mass is 9.98. The van der Waals surface area contributed by atoms with Gasteiger partial charge in [-0.15, -0.1) is 0 Å². The number of fused-ring (bicyclic) bond motifs is 1. The summed E-state index contributed by atoms with van der Waals surface area (Å²) in [6, 6.07) is 16.9. The molecule has 4 atom stereocenters. The third kappa shape index (κ3) is 7.33. The maximum atomic E-state index is 14.1. The first kappa shape index (κ1) is 30.2. The number of nitrogens with zero attached hydrogens (tertiary/aromatic N) is 2. The molecule has 2 aromatic carbocycles. The summed E-state index contributed by atoms with van der Waals surface area (Å²) in [6.07, 6.45) is 2.15. The fourth-order valence-electron chi connectivity index (χ4n) is 5.76. The van der Waals surface area contributed by atoms with Crippen LogP contribution >= 0.6 is 0 Å². The highest BCUT2D eigenvalue weighted by Crippen LogP contribution is 2.31. The molecule has 0 bridgehead atoms. The number of likely N-dealkylation sites (N-methyl/N-ethyl adjacent to an activating group) is 1. The zero-order valence-electron chi connectivity index (χ0n) is 24.5. The summed E-state index contributed by atoms with van der Waals surface area (Å²) in [7, 11) is 1.68. The maximum Gasteiger partial charge on any atom is 0.247 e. The van der Waals surface area contributed by atoms with Gasteiger partial charge in [-0.25, -0.2) is 0 Å². The van der Waals surface area contributed by atoms with Crippen LogP contribution in [0.3, 0.4) is 0 Å². The first-order valence-corrected chi connectivity index (χ1v) is 14.7. The van der Waals surface area contributed by atoms with Gasteiger partial charge in [-0.1, -0.05) is 74.5 Å². The molecule has 41 heavy (non-hydrogen) atoms. The molecule has 2 aliphatic heterocycles. The number of nitrogens with one attached hydrogen (secondary N) is 3. The Morgan fingerprint density at radius 2 is 1.51 bits per heavy atom. The van der Waals surface area contributed by atoms with Crippen LogP contribution in [0.25, 0.3) is 0 Å². The number of benzene rings is 2. The second kappa shape index (κ2) is 13.8. The minimum atomic E-state index is -0.940. The fourth-order valence-corrected chi connectivity index (χ4v) is 5.76. The molecule has 4 amide bonds. The summed E-state index contributed by atoms with van der Waals surface area (Å²) in [5, 5.41) is 8.99. The van der Waals surface area contributed by atoms with E-state index in [1.54, 1.807) is 23.8 Å². The average Bonchev–Trinajstić information content (AvgIpc) is 3.39. The van der Waals surface area contributed by atoms with E-state index in [-0.39, 0.29) is 48.2 Å². The van der Waals surface area contributed by atoms with Crippen molar-refractivity contribution in [3.05, 3.63) is 71.8 Å². The van der Waals surface area contributed by atoms with Crippen LogP contribution in [-0.4, -0.2) is 77.7 Å². The van der Waals surface area contributed by atoms with Crippen molar-refractivity contribution in [3.8, 4) is 0 Å². The van der Waals surface area contributed by atoms with E-state index >= 15 is 0 Å². The molecular formula is C32H43N5O4. The lowest BCUT2D eigenvalue weighted by Crippen LogP contribution is -2.62. The minimum Gasteiger partial charge on any atom is -0.343 e. The molecule has 0 radical (unpaired) electrons. The molecule has 2 aliphatic rings. The highest BCUT2D eigenvalue weighted by Gasteiger charge is 2.46. The zero-order valence-corrected chi connectivity index (χ0v) is 24.5. The molecule has 220 valence electrons. The van der Waals surface area contributed by atoms with Crippen molar-refractivity contribution in [3.63, 3.8) is 0 Å². The van der Waals surface area contributed by atoms with Crippen LogP contribution in [0.2, 0.25) is 0 Å². The van der Waals surface area contributed by atoms with E-state index in [1.807, 2.05) is 74.5 Å².